The van der Waals surface area contributed by atoms with Gasteiger partial charge in [-0.05, 0) is 48.7 Å². The van der Waals surface area contributed by atoms with Crippen LogP contribution in [-0.2, 0) is 22.5 Å². The zero-order valence-electron chi connectivity index (χ0n) is 15.9. The maximum atomic E-state index is 12.5. The lowest BCUT2D eigenvalue weighted by molar-refractivity contribution is -0.126. The second-order valence-corrected chi connectivity index (χ2v) is 7.77. The zero-order valence-corrected chi connectivity index (χ0v) is 16.6. The van der Waals surface area contributed by atoms with E-state index in [4.69, 9.17) is 21.1 Å². The second kappa shape index (κ2) is 8.37. The third-order valence-electron chi connectivity index (χ3n) is 5.14. The highest BCUT2D eigenvalue weighted by Crippen LogP contribution is 2.29. The molecule has 0 bridgehead atoms. The van der Waals surface area contributed by atoms with E-state index in [2.05, 4.69) is 22.1 Å². The molecule has 2 unspecified atom stereocenters. The lowest BCUT2D eigenvalue weighted by Crippen LogP contribution is -2.41. The van der Waals surface area contributed by atoms with Gasteiger partial charge in [-0.15, -0.1) is 0 Å². The molecule has 148 valence electrons. The molecule has 0 saturated carbocycles. The SMILES string of the molecule is CC1CN(c2ccc(CNC(=O)C3COc4ccc(Cl)cc4C3)cn2)CCO1. The van der Waals surface area contributed by atoms with Crippen LogP contribution >= 0.6 is 11.6 Å². The van der Waals surface area contributed by atoms with Gasteiger partial charge in [0.1, 0.15) is 18.2 Å². The number of rotatable bonds is 4. The average molecular weight is 402 g/mol. The maximum absolute atomic E-state index is 12.5. The third-order valence-corrected chi connectivity index (χ3v) is 5.38. The fourth-order valence-electron chi connectivity index (χ4n) is 3.60. The van der Waals surface area contributed by atoms with Gasteiger partial charge in [-0.25, -0.2) is 4.98 Å². The van der Waals surface area contributed by atoms with Crippen molar-refractivity contribution in [2.24, 2.45) is 5.92 Å². The number of aromatic nitrogens is 1. The van der Waals surface area contributed by atoms with E-state index in [-0.39, 0.29) is 17.9 Å². The van der Waals surface area contributed by atoms with E-state index in [1.807, 2.05) is 30.5 Å². The topological polar surface area (TPSA) is 63.7 Å². The highest BCUT2D eigenvalue weighted by atomic mass is 35.5. The van der Waals surface area contributed by atoms with Gasteiger partial charge < -0.3 is 19.7 Å². The van der Waals surface area contributed by atoms with Crippen molar-refractivity contribution < 1.29 is 14.3 Å². The number of carbonyl (C=O) groups excluding carboxylic acids is 1. The number of nitrogens with one attached hydrogen (secondary N) is 1. The van der Waals surface area contributed by atoms with Crippen LogP contribution in [0.25, 0.3) is 0 Å². The Kier molecular flexibility index (Phi) is 5.69. The van der Waals surface area contributed by atoms with Gasteiger partial charge in [0, 0.05) is 30.9 Å². The van der Waals surface area contributed by atoms with Crippen molar-refractivity contribution in [1.82, 2.24) is 10.3 Å². The number of hydrogen-bond donors (Lipinski definition) is 1. The second-order valence-electron chi connectivity index (χ2n) is 7.33. The fourth-order valence-corrected chi connectivity index (χ4v) is 3.79. The van der Waals surface area contributed by atoms with Crippen LogP contribution in [0, 0.1) is 5.92 Å². The van der Waals surface area contributed by atoms with Crippen molar-refractivity contribution in [3.05, 3.63) is 52.7 Å². The van der Waals surface area contributed by atoms with Crippen LogP contribution in [0.1, 0.15) is 18.1 Å². The van der Waals surface area contributed by atoms with Crippen molar-refractivity contribution in [3.8, 4) is 5.75 Å². The van der Waals surface area contributed by atoms with Crippen LogP contribution in [-0.4, -0.2) is 43.3 Å². The quantitative estimate of drug-likeness (QED) is 0.853. The monoisotopic (exact) mass is 401 g/mol. The summed E-state index contributed by atoms with van der Waals surface area (Å²) in [6.45, 7) is 5.31. The molecule has 0 spiro atoms. The summed E-state index contributed by atoms with van der Waals surface area (Å²) in [5, 5.41) is 3.65. The van der Waals surface area contributed by atoms with E-state index < -0.39 is 0 Å². The highest BCUT2D eigenvalue weighted by molar-refractivity contribution is 6.30. The van der Waals surface area contributed by atoms with E-state index in [1.165, 1.54) is 0 Å². The maximum Gasteiger partial charge on any atom is 0.227 e. The van der Waals surface area contributed by atoms with Gasteiger partial charge in [0.05, 0.1) is 18.6 Å². The van der Waals surface area contributed by atoms with E-state index in [9.17, 15) is 4.79 Å². The van der Waals surface area contributed by atoms with Crippen molar-refractivity contribution in [2.75, 3.05) is 31.2 Å². The lowest BCUT2D eigenvalue weighted by atomic mass is 9.96. The number of fused-ring (bicyclic) bond motifs is 1. The van der Waals surface area contributed by atoms with Gasteiger partial charge in [-0.2, -0.15) is 0 Å². The van der Waals surface area contributed by atoms with Gasteiger partial charge in [-0.1, -0.05) is 17.7 Å². The first-order valence-corrected chi connectivity index (χ1v) is 9.96. The summed E-state index contributed by atoms with van der Waals surface area (Å²) in [6.07, 6.45) is 2.67. The Bertz CT molecular complexity index is 843. The molecular formula is C21H24ClN3O3. The molecule has 1 fully saturated rings. The Morgan fingerprint density at radius 3 is 3.04 bits per heavy atom. The molecule has 2 atom stereocenters. The Morgan fingerprint density at radius 1 is 1.36 bits per heavy atom. The Hall–Kier alpha value is -2.31. The smallest absolute Gasteiger partial charge is 0.227 e. The molecule has 2 aliphatic heterocycles. The standard InChI is InChI=1S/C21H24ClN3O3/c1-14-12-25(6-7-27-14)20-5-2-15(10-23-20)11-24-21(26)17-8-16-9-18(22)3-4-19(16)28-13-17/h2-5,9-10,14,17H,6-8,11-13H2,1H3,(H,24,26). The van der Waals surface area contributed by atoms with E-state index in [0.29, 0.717) is 24.6 Å². The third kappa shape index (κ3) is 4.39. The highest BCUT2D eigenvalue weighted by Gasteiger charge is 2.26. The van der Waals surface area contributed by atoms with Gasteiger partial charge in [0.25, 0.3) is 0 Å². The first-order valence-electron chi connectivity index (χ1n) is 9.59. The predicted octanol–water partition coefficient (Wildman–Crippen LogP) is 2.83. The normalized spacial score (nSPS) is 21.6. The summed E-state index contributed by atoms with van der Waals surface area (Å²) < 4.78 is 11.3. The minimum absolute atomic E-state index is 0.0169. The summed E-state index contributed by atoms with van der Waals surface area (Å²) in [5.41, 5.74) is 1.95. The van der Waals surface area contributed by atoms with E-state index in [0.717, 1.165) is 42.4 Å². The number of carbonyl (C=O) groups is 1. The molecule has 0 aliphatic carbocycles. The molecule has 1 saturated heterocycles. The van der Waals surface area contributed by atoms with Gasteiger partial charge in [0.2, 0.25) is 5.91 Å². The molecule has 2 aromatic rings. The molecule has 3 heterocycles. The van der Waals surface area contributed by atoms with Crippen LogP contribution in [0.15, 0.2) is 36.5 Å². The predicted molar refractivity (Wildman–Crippen MR) is 108 cm³/mol. The largest absolute Gasteiger partial charge is 0.492 e. The summed E-state index contributed by atoms with van der Waals surface area (Å²) in [6, 6.07) is 9.53. The number of anilines is 1. The number of halogens is 1. The van der Waals surface area contributed by atoms with E-state index >= 15 is 0 Å². The fraction of sp³-hybridized carbons (Fsp3) is 0.429. The molecule has 1 aromatic carbocycles. The summed E-state index contributed by atoms with van der Waals surface area (Å²) in [7, 11) is 0. The minimum Gasteiger partial charge on any atom is -0.492 e. The number of hydrogen-bond acceptors (Lipinski definition) is 5. The average Bonchev–Trinajstić information content (AvgIpc) is 2.72. The summed E-state index contributed by atoms with van der Waals surface area (Å²) in [5.74, 6) is 1.52. The first kappa shape index (κ1) is 19.0. The Labute approximate surface area is 169 Å². The summed E-state index contributed by atoms with van der Waals surface area (Å²) in [4.78, 5) is 19.3. The first-order chi connectivity index (χ1) is 13.6. The van der Waals surface area contributed by atoms with Crippen LogP contribution in [0.5, 0.6) is 5.75 Å². The minimum atomic E-state index is -0.215. The van der Waals surface area contributed by atoms with Gasteiger partial charge in [0.15, 0.2) is 0 Å². The molecule has 4 rings (SSSR count). The number of morpholine rings is 1. The van der Waals surface area contributed by atoms with Gasteiger partial charge >= 0.3 is 0 Å². The molecule has 1 amide bonds. The van der Waals surface area contributed by atoms with Crippen molar-refractivity contribution >= 4 is 23.3 Å². The van der Waals surface area contributed by atoms with E-state index in [1.54, 1.807) is 6.07 Å². The molecule has 6 nitrogen and oxygen atoms in total. The number of ether oxygens (including phenoxy) is 2. The van der Waals surface area contributed by atoms with Gasteiger partial charge in [-0.3, -0.25) is 4.79 Å². The lowest BCUT2D eigenvalue weighted by Gasteiger charge is -2.32. The van der Waals surface area contributed by atoms with Crippen LogP contribution < -0.4 is 15.0 Å². The number of amides is 1. The molecular weight excluding hydrogens is 378 g/mol. The molecule has 0 radical (unpaired) electrons. The molecule has 1 aromatic heterocycles. The van der Waals surface area contributed by atoms with Crippen LogP contribution in [0.4, 0.5) is 5.82 Å². The summed E-state index contributed by atoms with van der Waals surface area (Å²) >= 11 is 6.05. The molecule has 7 heteroatoms. The number of nitrogens with zero attached hydrogens (tertiary/aromatic N) is 2. The van der Waals surface area contributed by atoms with Crippen molar-refractivity contribution in [3.63, 3.8) is 0 Å². The molecule has 2 aliphatic rings. The van der Waals surface area contributed by atoms with Crippen molar-refractivity contribution in [1.29, 1.82) is 0 Å². The number of pyridine rings is 1. The Balaban J connectivity index is 1.31. The molecule has 1 N–H and O–H groups in total. The Morgan fingerprint density at radius 2 is 2.25 bits per heavy atom. The molecule has 28 heavy (non-hydrogen) atoms. The number of benzene rings is 1. The van der Waals surface area contributed by atoms with Crippen LogP contribution in [0.2, 0.25) is 5.02 Å². The zero-order chi connectivity index (χ0) is 19.5. The van der Waals surface area contributed by atoms with Crippen LogP contribution in [0.3, 0.4) is 0 Å². The van der Waals surface area contributed by atoms with Crippen molar-refractivity contribution in [2.45, 2.75) is 26.0 Å².